The summed E-state index contributed by atoms with van der Waals surface area (Å²) in [5, 5.41) is 10.4. The zero-order chi connectivity index (χ0) is 31.6. The van der Waals surface area contributed by atoms with E-state index < -0.39 is 10.0 Å². The molecule has 2 heterocycles. The Balaban J connectivity index is 1.03. The molecule has 7 heteroatoms. The predicted octanol–water partition coefficient (Wildman–Crippen LogP) is 6.27. The van der Waals surface area contributed by atoms with Crippen molar-refractivity contribution in [3.05, 3.63) is 58.7 Å². The molecule has 1 aromatic carbocycles. The number of sulfonamides is 1. The molecule has 0 radical (unpaired) electrons. The molecule has 7 rings (SSSR count). The minimum Gasteiger partial charge on any atom is -0.393 e. The number of hydrogen-bond donors (Lipinski definition) is 2. The average Bonchev–Trinajstić information content (AvgIpc) is 3.47. The summed E-state index contributed by atoms with van der Waals surface area (Å²) < 4.78 is 35.9. The van der Waals surface area contributed by atoms with Crippen LogP contribution >= 0.6 is 0 Å². The van der Waals surface area contributed by atoms with E-state index in [0.717, 1.165) is 63.1 Å². The highest BCUT2D eigenvalue weighted by Gasteiger charge is 2.59. The molecule has 248 valence electrons. The SMILES string of the molecule is CC1=C2C[C@H]3[C@@H](CC=C4C[C@@H](O)CC[C@@]43C)[C@@H]2CC[C@@]2(C1)O[C@@H]1C[C@H](C)CN(CCNS(=O)(=O)CCc3ccccc3)[C@H]1[C@H]2C. The number of aliphatic hydroxyl groups is 1. The lowest BCUT2D eigenvalue weighted by molar-refractivity contribution is -0.0791. The molecule has 2 N–H and O–H groups in total. The van der Waals surface area contributed by atoms with Crippen molar-refractivity contribution in [1.29, 1.82) is 0 Å². The van der Waals surface area contributed by atoms with Crippen molar-refractivity contribution in [3.8, 4) is 0 Å². The second-order valence-electron chi connectivity index (χ2n) is 16.2. The van der Waals surface area contributed by atoms with Crippen LogP contribution in [0.4, 0.5) is 0 Å². The lowest BCUT2D eigenvalue weighted by Crippen LogP contribution is -2.53. The first-order valence-corrected chi connectivity index (χ1v) is 19.6. The van der Waals surface area contributed by atoms with Gasteiger partial charge >= 0.3 is 0 Å². The lowest BCUT2D eigenvalue weighted by atomic mass is 9.56. The molecule has 2 saturated carbocycles. The van der Waals surface area contributed by atoms with E-state index in [-0.39, 0.29) is 29.0 Å². The van der Waals surface area contributed by atoms with E-state index in [9.17, 15) is 13.5 Å². The fourth-order valence-corrected chi connectivity index (χ4v) is 12.2. The second kappa shape index (κ2) is 12.2. The standard InChI is InChI=1S/C38H56N2O4S/c1-25-20-35-36(40(24-25)18-17-39-45(42,43)19-14-28-8-6-5-7-9-28)27(3)38(44-35)16-13-31-32-11-10-29-21-30(41)12-15-37(29,4)34(32)22-33(31)26(2)23-38/h5-10,25,27,30-32,34-36,39,41H,11-24H2,1-4H3/t25-,27+,30-,31-,32-,34-,35+,36-,37-,38-/m0/s1. The fraction of sp³-hybridized carbons (Fsp3) is 0.737. The van der Waals surface area contributed by atoms with Crippen molar-refractivity contribution in [3.63, 3.8) is 0 Å². The summed E-state index contributed by atoms with van der Waals surface area (Å²) >= 11 is 0. The van der Waals surface area contributed by atoms with Crippen LogP contribution in [-0.4, -0.2) is 67.7 Å². The molecular weight excluding hydrogens is 580 g/mol. The van der Waals surface area contributed by atoms with Gasteiger partial charge in [-0.05, 0) is 106 Å². The highest BCUT2D eigenvalue weighted by molar-refractivity contribution is 7.89. The average molecular weight is 637 g/mol. The number of allylic oxidation sites excluding steroid dienone is 2. The summed E-state index contributed by atoms with van der Waals surface area (Å²) in [6.07, 6.45) is 13.0. The molecule has 1 spiro atoms. The van der Waals surface area contributed by atoms with Gasteiger partial charge in [0.05, 0.1) is 23.6 Å². The minimum absolute atomic E-state index is 0.122. The Morgan fingerprint density at radius 1 is 1.11 bits per heavy atom. The van der Waals surface area contributed by atoms with E-state index in [2.05, 4.69) is 43.4 Å². The highest BCUT2D eigenvalue weighted by Crippen LogP contribution is 2.63. The van der Waals surface area contributed by atoms with Gasteiger partial charge in [-0.15, -0.1) is 0 Å². The van der Waals surface area contributed by atoms with Crippen LogP contribution in [0.15, 0.2) is 53.1 Å². The van der Waals surface area contributed by atoms with Crippen molar-refractivity contribution in [2.75, 3.05) is 25.4 Å². The Morgan fingerprint density at radius 2 is 1.91 bits per heavy atom. The van der Waals surface area contributed by atoms with Gasteiger partial charge in [-0.1, -0.05) is 73.9 Å². The number of piperidine rings is 1. The summed E-state index contributed by atoms with van der Waals surface area (Å²) in [7, 11) is -3.33. The quantitative estimate of drug-likeness (QED) is 0.345. The third kappa shape index (κ3) is 5.92. The zero-order valence-corrected chi connectivity index (χ0v) is 28.8. The number of fused-ring (bicyclic) bond motifs is 6. The van der Waals surface area contributed by atoms with Gasteiger partial charge in [0.1, 0.15) is 0 Å². The first kappa shape index (κ1) is 32.1. The second-order valence-corrected chi connectivity index (χ2v) is 18.1. The van der Waals surface area contributed by atoms with Gasteiger partial charge in [0.2, 0.25) is 10.0 Å². The van der Waals surface area contributed by atoms with E-state index in [1.165, 1.54) is 19.3 Å². The summed E-state index contributed by atoms with van der Waals surface area (Å²) in [5.41, 5.74) is 6.05. The normalized spacial score (nSPS) is 41.7. The van der Waals surface area contributed by atoms with Crippen molar-refractivity contribution in [2.24, 2.45) is 35.0 Å². The molecule has 6 aliphatic rings. The number of aliphatic hydroxyl groups excluding tert-OH is 1. The van der Waals surface area contributed by atoms with Crippen LogP contribution in [0.25, 0.3) is 0 Å². The summed E-state index contributed by atoms with van der Waals surface area (Å²) in [6.45, 7) is 11.9. The van der Waals surface area contributed by atoms with Crippen molar-refractivity contribution in [1.82, 2.24) is 9.62 Å². The monoisotopic (exact) mass is 636 g/mol. The van der Waals surface area contributed by atoms with Gasteiger partial charge in [0.25, 0.3) is 0 Å². The Hall–Kier alpha value is -1.51. The molecule has 4 aliphatic carbocycles. The molecule has 4 fully saturated rings. The number of benzene rings is 1. The Morgan fingerprint density at radius 3 is 2.71 bits per heavy atom. The fourth-order valence-electron chi connectivity index (χ4n) is 11.2. The molecule has 45 heavy (non-hydrogen) atoms. The van der Waals surface area contributed by atoms with Gasteiger partial charge < -0.3 is 9.84 Å². The molecule has 6 nitrogen and oxygen atoms in total. The summed E-state index contributed by atoms with van der Waals surface area (Å²) in [5.74, 6) is 3.16. The topological polar surface area (TPSA) is 78.9 Å². The van der Waals surface area contributed by atoms with Crippen LogP contribution in [0.1, 0.15) is 91.0 Å². The minimum atomic E-state index is -3.33. The van der Waals surface area contributed by atoms with Crippen LogP contribution in [0.5, 0.6) is 0 Å². The van der Waals surface area contributed by atoms with Gasteiger partial charge in [0, 0.05) is 31.6 Å². The van der Waals surface area contributed by atoms with E-state index >= 15 is 0 Å². The van der Waals surface area contributed by atoms with Crippen LogP contribution in [0, 0.1) is 35.0 Å². The van der Waals surface area contributed by atoms with E-state index in [1.54, 1.807) is 16.7 Å². The van der Waals surface area contributed by atoms with Gasteiger partial charge in [-0.2, -0.15) is 0 Å². The largest absolute Gasteiger partial charge is 0.393 e. The van der Waals surface area contributed by atoms with Crippen molar-refractivity contribution in [2.45, 2.75) is 116 Å². The Kier molecular flexibility index (Phi) is 8.68. The molecule has 2 aliphatic heterocycles. The van der Waals surface area contributed by atoms with Crippen molar-refractivity contribution >= 4 is 10.0 Å². The predicted molar refractivity (Wildman–Crippen MR) is 180 cm³/mol. The Labute approximate surface area is 272 Å². The summed E-state index contributed by atoms with van der Waals surface area (Å²) in [4.78, 5) is 2.56. The first-order valence-electron chi connectivity index (χ1n) is 18.0. The third-order valence-corrected chi connectivity index (χ3v) is 14.9. The first-order chi connectivity index (χ1) is 21.5. The molecule has 2 saturated heterocycles. The molecule has 1 aromatic rings. The molecule has 0 aromatic heterocycles. The maximum atomic E-state index is 12.9. The van der Waals surface area contributed by atoms with E-state index in [0.29, 0.717) is 42.7 Å². The number of ether oxygens (including phenoxy) is 1. The van der Waals surface area contributed by atoms with Crippen LogP contribution in [0.3, 0.4) is 0 Å². The van der Waals surface area contributed by atoms with Gasteiger partial charge in [-0.3, -0.25) is 4.90 Å². The van der Waals surface area contributed by atoms with Gasteiger partial charge in [-0.25, -0.2) is 13.1 Å². The number of nitrogens with zero attached hydrogens (tertiary/aromatic N) is 1. The summed E-state index contributed by atoms with van der Waals surface area (Å²) in [6, 6.07) is 10.2. The number of aryl methyl sites for hydroxylation is 1. The molecular formula is C38H56N2O4S. The van der Waals surface area contributed by atoms with E-state index in [4.69, 9.17) is 4.74 Å². The third-order valence-electron chi connectivity index (χ3n) is 13.5. The number of hydrogen-bond acceptors (Lipinski definition) is 5. The maximum absolute atomic E-state index is 12.9. The Bertz CT molecular complexity index is 1420. The van der Waals surface area contributed by atoms with Crippen LogP contribution in [0.2, 0.25) is 0 Å². The van der Waals surface area contributed by atoms with Crippen LogP contribution < -0.4 is 4.72 Å². The highest BCUT2D eigenvalue weighted by atomic mass is 32.2. The zero-order valence-electron chi connectivity index (χ0n) is 28.0. The van der Waals surface area contributed by atoms with Crippen molar-refractivity contribution < 1.29 is 18.3 Å². The number of likely N-dealkylation sites (tertiary alicyclic amines) is 1. The maximum Gasteiger partial charge on any atom is 0.211 e. The van der Waals surface area contributed by atoms with Crippen LogP contribution in [-0.2, 0) is 21.2 Å². The lowest BCUT2D eigenvalue weighted by Gasteiger charge is -2.49. The van der Waals surface area contributed by atoms with E-state index in [1.807, 2.05) is 30.3 Å². The molecule has 0 bridgehead atoms. The van der Waals surface area contributed by atoms with Gasteiger partial charge in [0.15, 0.2) is 0 Å². The smallest absolute Gasteiger partial charge is 0.211 e. The number of nitrogens with one attached hydrogen (secondary N) is 1. The molecule has 0 unspecified atom stereocenters. The molecule has 10 atom stereocenters. The molecule has 0 amide bonds. The number of rotatable bonds is 7.